The van der Waals surface area contributed by atoms with E-state index < -0.39 is 10.0 Å². The molecule has 10 heteroatoms. The number of nitrogens with one attached hydrogen (secondary N) is 1. The van der Waals surface area contributed by atoms with Gasteiger partial charge in [-0.15, -0.1) is 0 Å². The summed E-state index contributed by atoms with van der Waals surface area (Å²) in [6, 6.07) is 12.0. The van der Waals surface area contributed by atoms with E-state index in [0.29, 0.717) is 35.3 Å². The highest BCUT2D eigenvalue weighted by Gasteiger charge is 2.16. The Balaban J connectivity index is 1.77. The number of sulfonamides is 1. The van der Waals surface area contributed by atoms with Crippen LogP contribution in [0.1, 0.15) is 26.7 Å². The van der Waals surface area contributed by atoms with Gasteiger partial charge in [0.05, 0.1) is 34.0 Å². The van der Waals surface area contributed by atoms with Gasteiger partial charge in [-0.05, 0) is 43.2 Å². The zero-order chi connectivity index (χ0) is 22.4. The minimum atomic E-state index is -3.81. The molecule has 1 amide bonds. The van der Waals surface area contributed by atoms with Gasteiger partial charge < -0.3 is 14.6 Å². The van der Waals surface area contributed by atoms with Crippen LogP contribution in [0.4, 0.5) is 5.69 Å². The van der Waals surface area contributed by atoms with Gasteiger partial charge in [0.25, 0.3) is 0 Å². The fourth-order valence-electron chi connectivity index (χ4n) is 3.04. The number of benzene rings is 2. The van der Waals surface area contributed by atoms with Crippen LogP contribution in [0.15, 0.2) is 52.5 Å². The Morgan fingerprint density at radius 2 is 1.97 bits per heavy atom. The van der Waals surface area contributed by atoms with Crippen molar-refractivity contribution in [2.75, 3.05) is 17.7 Å². The summed E-state index contributed by atoms with van der Waals surface area (Å²) in [5.74, 6) is 0.603. The smallest absolute Gasteiger partial charge is 0.238 e. The summed E-state index contributed by atoms with van der Waals surface area (Å²) in [6.45, 7) is 5.33. The summed E-state index contributed by atoms with van der Waals surface area (Å²) in [7, 11) is -3.81. The third kappa shape index (κ3) is 5.78. The topological polar surface area (TPSA) is 116 Å². The molecule has 0 radical (unpaired) electrons. The fourth-order valence-corrected chi connectivity index (χ4v) is 4.41. The van der Waals surface area contributed by atoms with Crippen LogP contribution in [-0.2, 0) is 21.4 Å². The fraction of sp³-hybridized carbons (Fsp3) is 0.333. The lowest BCUT2D eigenvalue weighted by Crippen LogP contribution is -2.15. The third-order valence-electron chi connectivity index (χ3n) is 4.42. The average Bonchev–Trinajstić information content (AvgIpc) is 3.08. The molecule has 3 aromatic rings. The van der Waals surface area contributed by atoms with Gasteiger partial charge in [-0.3, -0.25) is 4.79 Å². The lowest BCUT2D eigenvalue weighted by molar-refractivity contribution is -0.113. The van der Waals surface area contributed by atoms with Crippen LogP contribution >= 0.6 is 11.8 Å². The number of ether oxygens (including phenoxy) is 1. The molecule has 1 aromatic heterocycles. The Labute approximate surface area is 186 Å². The van der Waals surface area contributed by atoms with Crippen molar-refractivity contribution in [2.45, 2.75) is 43.3 Å². The Hall–Kier alpha value is -2.56. The second kappa shape index (κ2) is 10.2. The van der Waals surface area contributed by atoms with Crippen molar-refractivity contribution in [1.82, 2.24) is 9.55 Å². The van der Waals surface area contributed by atoms with Gasteiger partial charge in [0.1, 0.15) is 5.75 Å². The largest absolute Gasteiger partial charge is 0.491 e. The summed E-state index contributed by atoms with van der Waals surface area (Å²) in [5, 5.41) is 8.77. The second-order valence-corrected chi connectivity index (χ2v) is 9.43. The lowest BCUT2D eigenvalue weighted by Gasteiger charge is -2.12. The molecular weight excluding hydrogens is 436 g/mol. The number of nitrogens with two attached hydrogens (primary N) is 1. The number of fused-ring (bicyclic) bond motifs is 1. The van der Waals surface area contributed by atoms with Gasteiger partial charge in [0.2, 0.25) is 15.9 Å². The Morgan fingerprint density at radius 3 is 2.68 bits per heavy atom. The van der Waals surface area contributed by atoms with Crippen molar-refractivity contribution in [1.29, 1.82) is 0 Å². The van der Waals surface area contributed by atoms with Crippen LogP contribution in [0.3, 0.4) is 0 Å². The molecule has 3 rings (SSSR count). The number of anilines is 1. The standard InChI is InChI=1S/C21H26N4O4S2/c1-3-11-25-18-10-9-15(31(22,27)28)13-17(18)24-21(25)30-14-20(26)23-16-7-5-6-8-19(16)29-12-4-2/h5-10,13H,3-4,11-12,14H2,1-2H3,(H,23,26)(H2,22,27,28). The van der Waals surface area contributed by atoms with E-state index in [1.54, 1.807) is 12.1 Å². The molecule has 0 aliphatic rings. The first-order valence-electron chi connectivity index (χ1n) is 10.0. The van der Waals surface area contributed by atoms with Crippen LogP contribution in [0.2, 0.25) is 0 Å². The van der Waals surface area contributed by atoms with Crippen molar-refractivity contribution in [3.05, 3.63) is 42.5 Å². The number of hydrogen-bond donors (Lipinski definition) is 2. The van der Waals surface area contributed by atoms with Crippen molar-refractivity contribution in [3.8, 4) is 5.75 Å². The molecule has 3 N–H and O–H groups in total. The number of rotatable bonds is 10. The molecule has 0 aliphatic carbocycles. The first kappa shape index (κ1) is 23.1. The van der Waals surface area contributed by atoms with Gasteiger partial charge in [0, 0.05) is 6.54 Å². The van der Waals surface area contributed by atoms with E-state index in [0.717, 1.165) is 18.4 Å². The molecule has 0 fully saturated rings. The van der Waals surface area contributed by atoms with Crippen molar-refractivity contribution in [2.24, 2.45) is 5.14 Å². The van der Waals surface area contributed by atoms with Gasteiger partial charge in [-0.25, -0.2) is 18.5 Å². The molecular formula is C21H26N4O4S2. The number of nitrogens with zero attached hydrogens (tertiary/aromatic N) is 2. The molecule has 0 atom stereocenters. The first-order chi connectivity index (χ1) is 14.8. The summed E-state index contributed by atoms with van der Waals surface area (Å²) in [5.41, 5.74) is 1.96. The SMILES string of the molecule is CCCOc1ccccc1NC(=O)CSc1nc2cc(S(N)(=O)=O)ccc2n1CCC. The average molecular weight is 463 g/mol. The summed E-state index contributed by atoms with van der Waals surface area (Å²) < 4.78 is 31.0. The van der Waals surface area contributed by atoms with Crippen LogP contribution in [0.5, 0.6) is 5.75 Å². The molecule has 8 nitrogen and oxygen atoms in total. The number of amides is 1. The predicted octanol–water partition coefficient (Wildman–Crippen LogP) is 3.61. The predicted molar refractivity (Wildman–Crippen MR) is 123 cm³/mol. The molecule has 166 valence electrons. The number of para-hydroxylation sites is 2. The van der Waals surface area contributed by atoms with Gasteiger partial charge in [-0.2, -0.15) is 0 Å². The number of aryl methyl sites for hydroxylation is 1. The highest BCUT2D eigenvalue weighted by atomic mass is 32.2. The number of primary sulfonamides is 1. The molecule has 0 unspecified atom stereocenters. The van der Waals surface area contributed by atoms with Crippen molar-refractivity contribution >= 4 is 44.4 Å². The second-order valence-electron chi connectivity index (χ2n) is 6.92. The highest BCUT2D eigenvalue weighted by Crippen LogP contribution is 2.28. The van der Waals surface area contributed by atoms with Gasteiger partial charge in [0.15, 0.2) is 5.16 Å². The monoisotopic (exact) mass is 462 g/mol. The van der Waals surface area contributed by atoms with Crippen LogP contribution in [-0.4, -0.2) is 36.2 Å². The molecule has 2 aromatic carbocycles. The van der Waals surface area contributed by atoms with Gasteiger partial charge in [-0.1, -0.05) is 37.7 Å². The highest BCUT2D eigenvalue weighted by molar-refractivity contribution is 7.99. The maximum Gasteiger partial charge on any atom is 0.238 e. The van der Waals surface area contributed by atoms with Crippen LogP contribution < -0.4 is 15.2 Å². The molecule has 0 bridgehead atoms. The number of hydrogen-bond acceptors (Lipinski definition) is 6. The Bertz CT molecular complexity index is 1180. The summed E-state index contributed by atoms with van der Waals surface area (Å²) >= 11 is 1.30. The molecule has 1 heterocycles. The van der Waals surface area contributed by atoms with Gasteiger partial charge >= 0.3 is 0 Å². The van der Waals surface area contributed by atoms with E-state index in [-0.39, 0.29) is 16.6 Å². The maximum atomic E-state index is 12.6. The zero-order valence-corrected chi connectivity index (χ0v) is 19.1. The molecule has 0 saturated carbocycles. The molecule has 0 aliphatic heterocycles. The number of imidazole rings is 1. The minimum Gasteiger partial charge on any atom is -0.491 e. The van der Waals surface area contributed by atoms with E-state index in [1.165, 1.54) is 23.9 Å². The van der Waals surface area contributed by atoms with Crippen molar-refractivity contribution in [3.63, 3.8) is 0 Å². The summed E-state index contributed by atoms with van der Waals surface area (Å²) in [4.78, 5) is 17.1. The van der Waals surface area contributed by atoms with E-state index in [1.807, 2.05) is 36.6 Å². The maximum absolute atomic E-state index is 12.6. The molecule has 31 heavy (non-hydrogen) atoms. The molecule has 0 saturated heterocycles. The number of thioether (sulfide) groups is 1. The Kier molecular flexibility index (Phi) is 7.58. The third-order valence-corrected chi connectivity index (χ3v) is 6.30. The van der Waals surface area contributed by atoms with Crippen LogP contribution in [0, 0.1) is 0 Å². The summed E-state index contributed by atoms with van der Waals surface area (Å²) in [6.07, 6.45) is 1.74. The zero-order valence-electron chi connectivity index (χ0n) is 17.5. The number of aromatic nitrogens is 2. The lowest BCUT2D eigenvalue weighted by atomic mass is 10.3. The number of carbonyl (C=O) groups is 1. The van der Waals surface area contributed by atoms with E-state index >= 15 is 0 Å². The van der Waals surface area contributed by atoms with E-state index in [2.05, 4.69) is 10.3 Å². The first-order valence-corrected chi connectivity index (χ1v) is 12.5. The van der Waals surface area contributed by atoms with Crippen LogP contribution in [0.25, 0.3) is 11.0 Å². The minimum absolute atomic E-state index is 0.0131. The van der Waals surface area contributed by atoms with E-state index in [4.69, 9.17) is 9.88 Å². The van der Waals surface area contributed by atoms with Crippen molar-refractivity contribution < 1.29 is 17.9 Å². The Morgan fingerprint density at radius 1 is 1.19 bits per heavy atom. The quantitative estimate of drug-likeness (QED) is 0.445. The normalized spacial score (nSPS) is 11.6. The molecule has 0 spiro atoms. The van der Waals surface area contributed by atoms with E-state index in [9.17, 15) is 13.2 Å². The number of carbonyl (C=O) groups excluding carboxylic acids is 1.